The molecule has 1 aliphatic carbocycles. The molecule has 2 N–H and O–H groups in total. The Hall–Kier alpha value is -3.44. The molecule has 1 aliphatic rings. The fourth-order valence-corrected chi connectivity index (χ4v) is 3.59. The van der Waals surface area contributed by atoms with Crippen LogP contribution < -0.4 is 14.2 Å². The van der Waals surface area contributed by atoms with Crippen molar-refractivity contribution in [3.8, 4) is 23.0 Å². The highest BCUT2D eigenvalue weighted by atomic mass is 35.5. The van der Waals surface area contributed by atoms with E-state index in [9.17, 15) is 27.9 Å². The molecule has 8 nitrogen and oxygen atoms in total. The Morgan fingerprint density at radius 1 is 1.14 bits per heavy atom. The number of aromatic hydroxyl groups is 1. The zero-order valence-corrected chi connectivity index (χ0v) is 19.6. The van der Waals surface area contributed by atoms with Crippen molar-refractivity contribution >= 4 is 29.4 Å². The first-order chi connectivity index (χ1) is 17.0. The van der Waals surface area contributed by atoms with E-state index in [1.807, 2.05) is 0 Å². The van der Waals surface area contributed by atoms with E-state index in [2.05, 4.69) is 4.74 Å². The number of phenols is 1. The predicted octanol–water partition coefficient (Wildman–Crippen LogP) is 5.11. The van der Waals surface area contributed by atoms with Gasteiger partial charge < -0.3 is 29.2 Å². The number of allylic oxidation sites excluding steroid dienone is 1. The Morgan fingerprint density at radius 3 is 2.50 bits per heavy atom. The monoisotopic (exact) mass is 530 g/mol. The summed E-state index contributed by atoms with van der Waals surface area (Å²) in [5.41, 5.74) is -0.0467. The van der Waals surface area contributed by atoms with Crippen LogP contribution in [0.4, 0.5) is 13.2 Å². The number of carbonyl (C=O) groups is 2. The molecule has 1 fully saturated rings. The van der Waals surface area contributed by atoms with E-state index >= 15 is 0 Å². The summed E-state index contributed by atoms with van der Waals surface area (Å²) in [5, 5.41) is 18.9. The van der Waals surface area contributed by atoms with Crippen molar-refractivity contribution in [2.75, 3.05) is 20.3 Å². The molecular weight excluding hydrogens is 509 g/mol. The minimum atomic E-state index is -5.00. The standard InChI is InChI=1S/C24H22ClF3O8/c1-33-20-12-19(35-8-7-34-15-9-14(10-15)23(31)32)13(11-21(20)36-24(26,27)28)5-6-18(29)16-3-2-4-17(25)22(16)30/h2-6,11-12,14-15,30H,7-10H2,1H3,(H,31,32)/b6-5+/t14-,15+. The molecule has 0 saturated heterocycles. The molecule has 3 rings (SSSR count). The first-order valence-corrected chi connectivity index (χ1v) is 11.0. The van der Waals surface area contributed by atoms with Crippen LogP contribution in [0.2, 0.25) is 5.02 Å². The highest BCUT2D eigenvalue weighted by molar-refractivity contribution is 6.32. The number of carboxylic acids is 1. The van der Waals surface area contributed by atoms with Gasteiger partial charge in [0.15, 0.2) is 17.3 Å². The molecule has 0 aliphatic heterocycles. The average molecular weight is 531 g/mol. The zero-order valence-electron chi connectivity index (χ0n) is 18.9. The third-order valence-corrected chi connectivity index (χ3v) is 5.63. The lowest BCUT2D eigenvalue weighted by atomic mass is 9.82. The number of rotatable bonds is 11. The summed E-state index contributed by atoms with van der Waals surface area (Å²) in [6.07, 6.45) is -2.20. The number of para-hydroxylation sites is 1. The molecule has 194 valence electrons. The number of hydrogen-bond donors (Lipinski definition) is 2. The van der Waals surface area contributed by atoms with Gasteiger partial charge in [0.25, 0.3) is 0 Å². The van der Waals surface area contributed by atoms with Gasteiger partial charge in [-0.3, -0.25) is 9.59 Å². The fraction of sp³-hybridized carbons (Fsp3) is 0.333. The summed E-state index contributed by atoms with van der Waals surface area (Å²) in [4.78, 5) is 23.4. The van der Waals surface area contributed by atoms with Crippen molar-refractivity contribution < 1.29 is 51.9 Å². The average Bonchev–Trinajstić information content (AvgIpc) is 2.77. The molecular formula is C24H22ClF3O8. The Morgan fingerprint density at radius 2 is 1.86 bits per heavy atom. The van der Waals surface area contributed by atoms with Crippen LogP contribution in [0.5, 0.6) is 23.0 Å². The molecule has 12 heteroatoms. The smallest absolute Gasteiger partial charge is 0.506 e. The summed E-state index contributed by atoms with van der Waals surface area (Å²) >= 11 is 5.82. The minimum absolute atomic E-state index is 0.0132. The largest absolute Gasteiger partial charge is 0.573 e. The van der Waals surface area contributed by atoms with Crippen LogP contribution in [0.25, 0.3) is 6.08 Å². The number of ketones is 1. The van der Waals surface area contributed by atoms with Crippen molar-refractivity contribution in [3.05, 3.63) is 52.6 Å². The molecule has 1 saturated carbocycles. The van der Waals surface area contributed by atoms with Gasteiger partial charge in [0.2, 0.25) is 0 Å². The van der Waals surface area contributed by atoms with E-state index < -0.39 is 35.5 Å². The molecule has 0 heterocycles. The van der Waals surface area contributed by atoms with Gasteiger partial charge >= 0.3 is 12.3 Å². The highest BCUT2D eigenvalue weighted by Crippen LogP contribution is 2.39. The number of phenolic OH excluding ortho intramolecular Hbond substituents is 1. The third kappa shape index (κ3) is 7.05. The van der Waals surface area contributed by atoms with E-state index in [4.69, 9.17) is 30.9 Å². The summed E-state index contributed by atoms with van der Waals surface area (Å²) in [7, 11) is 1.15. The van der Waals surface area contributed by atoms with Crippen molar-refractivity contribution in [1.82, 2.24) is 0 Å². The molecule has 0 aromatic heterocycles. The van der Waals surface area contributed by atoms with E-state index in [0.717, 1.165) is 19.3 Å². The number of benzene rings is 2. The topological polar surface area (TPSA) is 112 Å². The van der Waals surface area contributed by atoms with Gasteiger partial charge in [-0.25, -0.2) is 0 Å². The van der Waals surface area contributed by atoms with Gasteiger partial charge in [0.05, 0.1) is 36.3 Å². The maximum atomic E-state index is 12.9. The summed E-state index contributed by atoms with van der Waals surface area (Å²) < 4.78 is 58.8. The molecule has 0 unspecified atom stereocenters. The van der Waals surface area contributed by atoms with Crippen molar-refractivity contribution in [3.63, 3.8) is 0 Å². The Labute approximate surface area is 208 Å². The van der Waals surface area contributed by atoms with E-state index in [0.29, 0.717) is 12.8 Å². The second-order valence-electron chi connectivity index (χ2n) is 7.77. The Balaban J connectivity index is 1.78. The highest BCUT2D eigenvalue weighted by Gasteiger charge is 2.35. The van der Waals surface area contributed by atoms with Crippen molar-refractivity contribution in [1.29, 1.82) is 0 Å². The molecule has 0 spiro atoms. The number of methoxy groups -OCH3 is 1. The number of carboxylic acid groups (broad SMARTS) is 1. The van der Waals surface area contributed by atoms with Gasteiger partial charge in [0.1, 0.15) is 18.1 Å². The minimum Gasteiger partial charge on any atom is -0.506 e. The van der Waals surface area contributed by atoms with Crippen LogP contribution in [-0.4, -0.2) is 54.8 Å². The molecule has 0 amide bonds. The number of ether oxygens (including phenoxy) is 4. The quantitative estimate of drug-likeness (QED) is 0.234. The molecule has 36 heavy (non-hydrogen) atoms. The fourth-order valence-electron chi connectivity index (χ4n) is 3.42. The predicted molar refractivity (Wildman–Crippen MR) is 122 cm³/mol. The lowest BCUT2D eigenvalue weighted by Crippen LogP contribution is -2.37. The number of aliphatic carboxylic acids is 1. The van der Waals surface area contributed by atoms with Crippen molar-refractivity contribution in [2.24, 2.45) is 5.92 Å². The Bertz CT molecular complexity index is 1140. The van der Waals surface area contributed by atoms with Gasteiger partial charge in [-0.2, -0.15) is 0 Å². The number of hydrogen-bond acceptors (Lipinski definition) is 7. The van der Waals surface area contributed by atoms with E-state index in [1.165, 1.54) is 30.3 Å². The third-order valence-electron chi connectivity index (χ3n) is 5.33. The van der Waals surface area contributed by atoms with Crippen LogP contribution in [0.1, 0.15) is 28.8 Å². The number of carbonyl (C=O) groups excluding carboxylic acids is 1. The summed E-state index contributed by atoms with van der Waals surface area (Å²) in [5.74, 6) is -3.24. The first kappa shape index (κ1) is 27.2. The van der Waals surface area contributed by atoms with Gasteiger partial charge in [-0.05, 0) is 43.2 Å². The van der Waals surface area contributed by atoms with Gasteiger partial charge in [-0.15, -0.1) is 13.2 Å². The van der Waals surface area contributed by atoms with Crippen molar-refractivity contribution in [2.45, 2.75) is 25.3 Å². The molecule has 0 bridgehead atoms. The molecule has 2 aromatic carbocycles. The van der Waals surface area contributed by atoms with E-state index in [1.54, 1.807) is 0 Å². The molecule has 0 atom stereocenters. The number of alkyl halides is 3. The summed E-state index contributed by atoms with van der Waals surface area (Å²) in [6, 6.07) is 6.35. The SMILES string of the molecule is COc1cc(OCCO[C@H]2C[C@@H](C(=O)O)C2)c(/C=C/C(=O)c2cccc(Cl)c2O)cc1OC(F)(F)F. The normalized spacial score (nSPS) is 17.5. The van der Waals surface area contributed by atoms with Crippen LogP contribution in [0, 0.1) is 5.92 Å². The van der Waals surface area contributed by atoms with Gasteiger partial charge in [-0.1, -0.05) is 17.7 Å². The summed E-state index contributed by atoms with van der Waals surface area (Å²) in [6.45, 7) is 0.0827. The zero-order chi connectivity index (χ0) is 26.5. The maximum Gasteiger partial charge on any atom is 0.573 e. The van der Waals surface area contributed by atoms with E-state index in [-0.39, 0.29) is 47.0 Å². The number of halogens is 4. The van der Waals surface area contributed by atoms with Crippen LogP contribution in [0.15, 0.2) is 36.4 Å². The van der Waals surface area contributed by atoms with Crippen LogP contribution >= 0.6 is 11.6 Å². The maximum absolute atomic E-state index is 12.9. The van der Waals surface area contributed by atoms with Crippen LogP contribution in [0.3, 0.4) is 0 Å². The first-order valence-electron chi connectivity index (χ1n) is 10.6. The second-order valence-corrected chi connectivity index (χ2v) is 8.18. The lowest BCUT2D eigenvalue weighted by molar-refractivity contribution is -0.275. The lowest BCUT2D eigenvalue weighted by Gasteiger charge is -2.32. The van der Waals surface area contributed by atoms with Gasteiger partial charge in [0, 0.05) is 11.6 Å². The molecule has 2 aromatic rings. The molecule has 0 radical (unpaired) electrons. The van der Waals surface area contributed by atoms with Crippen LogP contribution in [-0.2, 0) is 9.53 Å². The Kier molecular flexibility index (Phi) is 8.70. The second kappa shape index (κ2) is 11.5.